The van der Waals surface area contributed by atoms with Gasteiger partial charge in [-0.2, -0.15) is 0 Å². The molecule has 0 bridgehead atoms. The zero-order valence-electron chi connectivity index (χ0n) is 13.5. The van der Waals surface area contributed by atoms with Crippen LogP contribution in [0.1, 0.15) is 30.1 Å². The van der Waals surface area contributed by atoms with Crippen LogP contribution in [0.4, 0.5) is 0 Å². The van der Waals surface area contributed by atoms with Crippen LogP contribution >= 0.6 is 11.6 Å². The predicted molar refractivity (Wildman–Crippen MR) is 99.5 cm³/mol. The molecule has 2 aromatic carbocycles. The van der Waals surface area contributed by atoms with Gasteiger partial charge in [-0.05, 0) is 48.1 Å². The largest absolute Gasteiger partial charge is 0.395 e. The highest BCUT2D eigenvalue weighted by Gasteiger charge is 2.24. The molecule has 124 valence electrons. The number of aliphatic hydroxyl groups is 1. The van der Waals surface area contributed by atoms with E-state index in [9.17, 15) is 0 Å². The summed E-state index contributed by atoms with van der Waals surface area (Å²) >= 11 is 6.59. The molecular weight excluding hydrogens is 320 g/mol. The number of rotatable bonds is 4. The molecule has 1 aliphatic carbocycles. The van der Waals surface area contributed by atoms with Crippen molar-refractivity contribution in [3.8, 4) is 11.1 Å². The zero-order valence-corrected chi connectivity index (χ0v) is 14.2. The highest BCUT2D eigenvalue weighted by molar-refractivity contribution is 6.35. The van der Waals surface area contributed by atoms with Gasteiger partial charge >= 0.3 is 0 Å². The molecule has 0 spiro atoms. The first-order valence-electron chi connectivity index (χ1n) is 8.51. The fourth-order valence-electron chi connectivity index (χ4n) is 3.76. The molecule has 1 aliphatic rings. The molecule has 1 heterocycles. The third-order valence-electron chi connectivity index (χ3n) is 4.88. The molecule has 1 aromatic heterocycles. The number of nitrogens with one attached hydrogen (secondary N) is 2. The number of hydrogen-bond donors (Lipinski definition) is 3. The Hall–Kier alpha value is -1.81. The van der Waals surface area contributed by atoms with Gasteiger partial charge in [0, 0.05) is 23.7 Å². The van der Waals surface area contributed by atoms with Gasteiger partial charge in [0.25, 0.3) is 0 Å². The summed E-state index contributed by atoms with van der Waals surface area (Å²) in [6.07, 6.45) is 3.31. The van der Waals surface area contributed by atoms with Gasteiger partial charge < -0.3 is 15.4 Å². The maximum Gasteiger partial charge on any atom is 0.0653 e. The molecule has 0 saturated carbocycles. The molecule has 3 nitrogen and oxygen atoms in total. The zero-order chi connectivity index (χ0) is 16.5. The first kappa shape index (κ1) is 15.7. The minimum atomic E-state index is 0.158. The van der Waals surface area contributed by atoms with Gasteiger partial charge in [-0.15, -0.1) is 0 Å². The van der Waals surface area contributed by atoms with Crippen LogP contribution in [0.25, 0.3) is 22.0 Å². The number of aromatic amines is 1. The number of benzene rings is 2. The Morgan fingerprint density at radius 3 is 2.79 bits per heavy atom. The van der Waals surface area contributed by atoms with E-state index in [1.807, 2.05) is 12.1 Å². The molecule has 3 aromatic rings. The van der Waals surface area contributed by atoms with E-state index in [-0.39, 0.29) is 12.6 Å². The summed E-state index contributed by atoms with van der Waals surface area (Å²) in [6, 6.07) is 14.9. The van der Waals surface area contributed by atoms with Crippen LogP contribution in [-0.4, -0.2) is 23.2 Å². The van der Waals surface area contributed by atoms with Gasteiger partial charge in [0.1, 0.15) is 0 Å². The maximum atomic E-state index is 9.10. The highest BCUT2D eigenvalue weighted by atomic mass is 35.5. The van der Waals surface area contributed by atoms with Gasteiger partial charge in [-0.1, -0.05) is 41.9 Å². The van der Waals surface area contributed by atoms with Crippen molar-refractivity contribution in [2.24, 2.45) is 0 Å². The average molecular weight is 341 g/mol. The lowest BCUT2D eigenvalue weighted by atomic mass is 9.91. The lowest BCUT2D eigenvalue weighted by molar-refractivity contribution is 0.280. The quantitative estimate of drug-likeness (QED) is 0.657. The van der Waals surface area contributed by atoms with Crippen molar-refractivity contribution in [1.29, 1.82) is 0 Å². The predicted octanol–water partition coefficient (Wildman–Crippen LogP) is 4.45. The van der Waals surface area contributed by atoms with Crippen molar-refractivity contribution in [3.05, 3.63) is 58.7 Å². The van der Waals surface area contributed by atoms with E-state index in [2.05, 4.69) is 40.6 Å². The Balaban J connectivity index is 1.83. The summed E-state index contributed by atoms with van der Waals surface area (Å²) in [5.74, 6) is 0. The number of aryl methyl sites for hydroxylation is 1. The fraction of sp³-hybridized carbons (Fsp3) is 0.300. The topological polar surface area (TPSA) is 48.0 Å². The number of H-pyrrole nitrogens is 1. The summed E-state index contributed by atoms with van der Waals surface area (Å²) in [5, 5.41) is 14.5. The number of aliphatic hydroxyl groups excluding tert-OH is 1. The van der Waals surface area contributed by atoms with E-state index in [0.29, 0.717) is 6.54 Å². The highest BCUT2D eigenvalue weighted by Crippen LogP contribution is 2.39. The van der Waals surface area contributed by atoms with Crippen molar-refractivity contribution in [2.45, 2.75) is 25.3 Å². The second kappa shape index (κ2) is 6.60. The average Bonchev–Trinajstić information content (AvgIpc) is 3.01. The van der Waals surface area contributed by atoms with E-state index in [4.69, 9.17) is 16.7 Å². The third kappa shape index (κ3) is 2.73. The number of halogens is 1. The van der Waals surface area contributed by atoms with E-state index >= 15 is 0 Å². The molecule has 0 saturated heterocycles. The first-order valence-corrected chi connectivity index (χ1v) is 8.89. The molecule has 1 atom stereocenters. The second-order valence-corrected chi connectivity index (χ2v) is 6.79. The standard InChI is InChI=1S/C20H21ClN2O/c21-17-12-14(13-5-2-1-3-6-13)11-16-15-7-4-8-18(22-9-10-24)20(15)23-19(16)17/h1-3,5-6,11-12,18,22-24H,4,7-10H2. The van der Waals surface area contributed by atoms with Gasteiger partial charge in [0.2, 0.25) is 0 Å². The molecule has 24 heavy (non-hydrogen) atoms. The van der Waals surface area contributed by atoms with Gasteiger partial charge in [-0.3, -0.25) is 0 Å². The van der Waals surface area contributed by atoms with Gasteiger partial charge in [0.05, 0.1) is 17.1 Å². The smallest absolute Gasteiger partial charge is 0.0653 e. The Morgan fingerprint density at radius 2 is 2.00 bits per heavy atom. The first-order chi connectivity index (χ1) is 11.8. The van der Waals surface area contributed by atoms with Crippen LogP contribution in [0.2, 0.25) is 5.02 Å². The SMILES string of the molecule is OCCNC1CCCc2c1[nH]c1c(Cl)cc(-c3ccccc3)cc21. The van der Waals surface area contributed by atoms with Crippen LogP contribution in [0.5, 0.6) is 0 Å². The van der Waals surface area contributed by atoms with Crippen LogP contribution in [-0.2, 0) is 6.42 Å². The third-order valence-corrected chi connectivity index (χ3v) is 5.18. The van der Waals surface area contributed by atoms with Crippen LogP contribution in [0, 0.1) is 0 Å². The van der Waals surface area contributed by atoms with Crippen molar-refractivity contribution >= 4 is 22.5 Å². The molecule has 0 aliphatic heterocycles. The Morgan fingerprint density at radius 1 is 1.17 bits per heavy atom. The summed E-state index contributed by atoms with van der Waals surface area (Å²) in [7, 11) is 0. The summed E-state index contributed by atoms with van der Waals surface area (Å²) in [6.45, 7) is 0.771. The monoisotopic (exact) mass is 340 g/mol. The van der Waals surface area contributed by atoms with E-state index in [1.54, 1.807) is 0 Å². The van der Waals surface area contributed by atoms with E-state index < -0.39 is 0 Å². The number of aromatic nitrogens is 1. The van der Waals surface area contributed by atoms with Gasteiger partial charge in [0.15, 0.2) is 0 Å². The van der Waals surface area contributed by atoms with Crippen molar-refractivity contribution in [3.63, 3.8) is 0 Å². The summed E-state index contributed by atoms with van der Waals surface area (Å²) in [5.41, 5.74) is 5.96. The lowest BCUT2D eigenvalue weighted by Gasteiger charge is -2.23. The molecule has 4 heteroatoms. The Labute approximate surface area is 146 Å². The number of hydrogen-bond acceptors (Lipinski definition) is 2. The van der Waals surface area contributed by atoms with Crippen LogP contribution < -0.4 is 5.32 Å². The Kier molecular flexibility index (Phi) is 4.31. The molecule has 1 unspecified atom stereocenters. The van der Waals surface area contributed by atoms with E-state index in [0.717, 1.165) is 35.4 Å². The summed E-state index contributed by atoms with van der Waals surface area (Å²) < 4.78 is 0. The van der Waals surface area contributed by atoms with Crippen molar-refractivity contribution < 1.29 is 5.11 Å². The number of fused-ring (bicyclic) bond motifs is 3. The lowest BCUT2D eigenvalue weighted by Crippen LogP contribution is -2.27. The second-order valence-electron chi connectivity index (χ2n) is 6.39. The van der Waals surface area contributed by atoms with Crippen LogP contribution in [0.15, 0.2) is 42.5 Å². The molecule has 4 rings (SSSR count). The fourth-order valence-corrected chi connectivity index (χ4v) is 4.03. The minimum absolute atomic E-state index is 0.158. The molecule has 0 radical (unpaired) electrons. The van der Waals surface area contributed by atoms with Crippen LogP contribution in [0.3, 0.4) is 0 Å². The maximum absolute atomic E-state index is 9.10. The molecule has 0 fully saturated rings. The Bertz CT molecular complexity index is 857. The molecular formula is C20H21ClN2O. The molecule has 0 amide bonds. The van der Waals surface area contributed by atoms with E-state index in [1.165, 1.54) is 22.2 Å². The van der Waals surface area contributed by atoms with Gasteiger partial charge in [-0.25, -0.2) is 0 Å². The van der Waals surface area contributed by atoms with Crippen molar-refractivity contribution in [1.82, 2.24) is 10.3 Å². The van der Waals surface area contributed by atoms with Crippen molar-refractivity contribution in [2.75, 3.05) is 13.2 Å². The molecule has 3 N–H and O–H groups in total. The minimum Gasteiger partial charge on any atom is -0.395 e. The summed E-state index contributed by atoms with van der Waals surface area (Å²) in [4.78, 5) is 3.55. The normalized spacial score (nSPS) is 17.2.